The zero-order valence-corrected chi connectivity index (χ0v) is 10.2. The highest BCUT2D eigenvalue weighted by atomic mass is 35.5. The van der Waals surface area contributed by atoms with Crippen LogP contribution in [-0.2, 0) is 4.79 Å². The molecular weight excluding hydrogens is 242 g/mol. The summed E-state index contributed by atoms with van der Waals surface area (Å²) in [6, 6.07) is 3.13. The maximum Gasteiger partial charge on any atom is 0.228 e. The second-order valence-electron chi connectivity index (χ2n) is 3.88. The number of aromatic hydroxyl groups is 1. The number of hydrogen-bond donors (Lipinski definition) is 3. The van der Waals surface area contributed by atoms with Gasteiger partial charge in [-0.05, 0) is 38.1 Å². The molecule has 0 spiro atoms. The van der Waals surface area contributed by atoms with Gasteiger partial charge in [0, 0.05) is 12.1 Å². The Kier molecular flexibility index (Phi) is 5.18. The predicted molar refractivity (Wildman–Crippen MR) is 67.4 cm³/mol. The van der Waals surface area contributed by atoms with Gasteiger partial charge < -0.3 is 15.7 Å². The highest BCUT2D eigenvalue weighted by Gasteiger charge is 2.21. The minimum absolute atomic E-state index is 0. The Morgan fingerprint density at radius 3 is 2.82 bits per heavy atom. The van der Waals surface area contributed by atoms with Crippen molar-refractivity contribution in [1.82, 2.24) is 10.3 Å². The Morgan fingerprint density at radius 1 is 1.47 bits per heavy atom. The van der Waals surface area contributed by atoms with Crippen molar-refractivity contribution in [3.8, 4) is 5.75 Å². The summed E-state index contributed by atoms with van der Waals surface area (Å²) < 4.78 is 0. The van der Waals surface area contributed by atoms with Crippen molar-refractivity contribution in [3.05, 3.63) is 18.3 Å². The number of pyridine rings is 1. The third-order valence-corrected chi connectivity index (χ3v) is 2.74. The lowest BCUT2D eigenvalue weighted by atomic mass is 9.97. The lowest BCUT2D eigenvalue weighted by molar-refractivity contribution is -0.120. The van der Waals surface area contributed by atoms with E-state index in [-0.39, 0.29) is 35.8 Å². The van der Waals surface area contributed by atoms with Crippen molar-refractivity contribution >= 4 is 24.1 Å². The molecule has 2 rings (SSSR count). The number of piperidine rings is 1. The largest absolute Gasteiger partial charge is 0.504 e. The topological polar surface area (TPSA) is 74.2 Å². The highest BCUT2D eigenvalue weighted by Crippen LogP contribution is 2.20. The van der Waals surface area contributed by atoms with Crippen LogP contribution in [0.25, 0.3) is 0 Å². The fourth-order valence-corrected chi connectivity index (χ4v) is 1.80. The summed E-state index contributed by atoms with van der Waals surface area (Å²) in [5, 5.41) is 15.3. The second kappa shape index (κ2) is 6.42. The zero-order valence-electron chi connectivity index (χ0n) is 9.35. The molecule has 0 aromatic carbocycles. The minimum Gasteiger partial charge on any atom is -0.504 e. The number of nitrogens with zero attached hydrogens (tertiary/aromatic N) is 1. The Bertz CT molecular complexity index is 381. The summed E-state index contributed by atoms with van der Waals surface area (Å²) in [4.78, 5) is 15.7. The number of carbonyl (C=O) groups is 1. The molecule has 0 bridgehead atoms. The summed E-state index contributed by atoms with van der Waals surface area (Å²) in [6.45, 7) is 1.73. The Hall–Kier alpha value is -1.33. The van der Waals surface area contributed by atoms with Gasteiger partial charge >= 0.3 is 0 Å². The molecule has 0 aliphatic carbocycles. The number of amides is 1. The van der Waals surface area contributed by atoms with Crippen LogP contribution in [0.5, 0.6) is 5.75 Å². The molecule has 1 aliphatic heterocycles. The van der Waals surface area contributed by atoms with Gasteiger partial charge in [-0.2, -0.15) is 0 Å². The van der Waals surface area contributed by atoms with E-state index in [0.717, 1.165) is 25.9 Å². The van der Waals surface area contributed by atoms with E-state index in [4.69, 9.17) is 0 Å². The smallest absolute Gasteiger partial charge is 0.228 e. The highest BCUT2D eigenvalue weighted by molar-refractivity contribution is 5.92. The third-order valence-electron chi connectivity index (χ3n) is 2.74. The standard InChI is InChI=1S/C11H15N3O2.ClH/c15-9-2-1-5-13-10(9)14-11(16)8-3-6-12-7-4-8;/h1-2,5,8,12,15H,3-4,6-7H2,(H,13,14,16);1H. The van der Waals surface area contributed by atoms with Gasteiger partial charge in [0.1, 0.15) is 0 Å². The van der Waals surface area contributed by atoms with Crippen LogP contribution >= 0.6 is 12.4 Å². The molecule has 94 valence electrons. The summed E-state index contributed by atoms with van der Waals surface area (Å²) in [6.07, 6.45) is 3.20. The maximum atomic E-state index is 11.8. The van der Waals surface area contributed by atoms with Gasteiger partial charge in [-0.1, -0.05) is 0 Å². The molecule has 5 nitrogen and oxygen atoms in total. The molecule has 1 saturated heterocycles. The molecule has 3 N–H and O–H groups in total. The van der Waals surface area contributed by atoms with Gasteiger partial charge in [0.25, 0.3) is 0 Å². The number of halogens is 1. The first-order valence-electron chi connectivity index (χ1n) is 5.43. The number of carbonyl (C=O) groups excluding carboxylic acids is 1. The first kappa shape index (κ1) is 13.7. The quantitative estimate of drug-likeness (QED) is 0.743. The van der Waals surface area contributed by atoms with Gasteiger partial charge in [0.15, 0.2) is 11.6 Å². The maximum absolute atomic E-state index is 11.8. The van der Waals surface area contributed by atoms with Gasteiger partial charge in [0.2, 0.25) is 5.91 Å². The van der Waals surface area contributed by atoms with E-state index in [1.54, 1.807) is 6.07 Å². The molecule has 1 aromatic heterocycles. The van der Waals surface area contributed by atoms with Crippen LogP contribution in [0.4, 0.5) is 5.82 Å². The summed E-state index contributed by atoms with van der Waals surface area (Å²) >= 11 is 0. The number of hydrogen-bond acceptors (Lipinski definition) is 4. The van der Waals surface area contributed by atoms with Crippen molar-refractivity contribution < 1.29 is 9.90 Å². The lowest BCUT2D eigenvalue weighted by Gasteiger charge is -2.21. The van der Waals surface area contributed by atoms with Crippen LogP contribution in [0.15, 0.2) is 18.3 Å². The molecule has 1 fully saturated rings. The van der Waals surface area contributed by atoms with Crippen LogP contribution in [0, 0.1) is 5.92 Å². The normalized spacial score (nSPS) is 16.0. The summed E-state index contributed by atoms with van der Waals surface area (Å²) in [7, 11) is 0. The molecule has 2 heterocycles. The zero-order chi connectivity index (χ0) is 11.4. The van der Waals surface area contributed by atoms with E-state index in [2.05, 4.69) is 15.6 Å². The van der Waals surface area contributed by atoms with E-state index >= 15 is 0 Å². The first-order chi connectivity index (χ1) is 7.77. The van der Waals surface area contributed by atoms with Crippen molar-refractivity contribution in [1.29, 1.82) is 0 Å². The molecule has 6 heteroatoms. The molecule has 1 aromatic rings. The summed E-state index contributed by atoms with van der Waals surface area (Å²) in [5.41, 5.74) is 0. The molecular formula is C11H16ClN3O2. The third kappa shape index (κ3) is 3.57. The Balaban J connectivity index is 0.00000144. The lowest BCUT2D eigenvalue weighted by Crippen LogP contribution is -2.34. The molecule has 0 unspecified atom stereocenters. The van der Waals surface area contributed by atoms with Gasteiger partial charge in [-0.25, -0.2) is 4.98 Å². The van der Waals surface area contributed by atoms with Crippen LogP contribution < -0.4 is 10.6 Å². The van der Waals surface area contributed by atoms with Gasteiger partial charge in [0.05, 0.1) is 0 Å². The Morgan fingerprint density at radius 2 is 2.18 bits per heavy atom. The average molecular weight is 258 g/mol. The van der Waals surface area contributed by atoms with Gasteiger partial charge in [-0.15, -0.1) is 12.4 Å². The Labute approximate surface area is 106 Å². The number of anilines is 1. The van der Waals surface area contributed by atoms with E-state index in [0.29, 0.717) is 0 Å². The number of aromatic nitrogens is 1. The van der Waals surface area contributed by atoms with Crippen molar-refractivity contribution in [2.24, 2.45) is 5.92 Å². The second-order valence-corrected chi connectivity index (χ2v) is 3.88. The minimum atomic E-state index is -0.0597. The monoisotopic (exact) mass is 257 g/mol. The number of nitrogens with one attached hydrogen (secondary N) is 2. The van der Waals surface area contributed by atoms with Crippen LogP contribution in [0.1, 0.15) is 12.8 Å². The van der Waals surface area contributed by atoms with Crippen LogP contribution in [-0.4, -0.2) is 29.1 Å². The fourth-order valence-electron chi connectivity index (χ4n) is 1.80. The van der Waals surface area contributed by atoms with Crippen LogP contribution in [0.2, 0.25) is 0 Å². The van der Waals surface area contributed by atoms with Crippen molar-refractivity contribution in [3.63, 3.8) is 0 Å². The fraction of sp³-hybridized carbons (Fsp3) is 0.455. The first-order valence-corrected chi connectivity index (χ1v) is 5.43. The average Bonchev–Trinajstić information content (AvgIpc) is 2.33. The van der Waals surface area contributed by atoms with Crippen LogP contribution in [0.3, 0.4) is 0 Å². The van der Waals surface area contributed by atoms with E-state index in [9.17, 15) is 9.90 Å². The predicted octanol–water partition coefficient (Wildman–Crippen LogP) is 1.15. The molecule has 0 radical (unpaired) electrons. The van der Waals surface area contributed by atoms with E-state index < -0.39 is 0 Å². The molecule has 17 heavy (non-hydrogen) atoms. The van der Waals surface area contributed by atoms with Gasteiger partial charge in [-0.3, -0.25) is 4.79 Å². The SMILES string of the molecule is Cl.O=C(Nc1ncccc1O)C1CCNCC1. The molecule has 1 aliphatic rings. The van der Waals surface area contributed by atoms with E-state index in [1.165, 1.54) is 12.3 Å². The number of rotatable bonds is 2. The summed E-state index contributed by atoms with van der Waals surface area (Å²) in [5.74, 6) is 0.203. The van der Waals surface area contributed by atoms with Crippen molar-refractivity contribution in [2.75, 3.05) is 18.4 Å². The molecule has 1 amide bonds. The van der Waals surface area contributed by atoms with Crippen molar-refractivity contribution in [2.45, 2.75) is 12.8 Å². The van der Waals surface area contributed by atoms with E-state index in [1.807, 2.05) is 0 Å². The molecule has 0 atom stereocenters. The molecule has 0 saturated carbocycles.